The fraction of sp³-hybridized carbons (Fsp3) is 0.800. The number of hydrogen-bond acceptors (Lipinski definition) is 6. The van der Waals surface area contributed by atoms with Gasteiger partial charge >= 0.3 is 5.97 Å². The molecule has 0 aromatic carbocycles. The van der Waals surface area contributed by atoms with Crippen molar-refractivity contribution in [2.75, 3.05) is 19.8 Å². The van der Waals surface area contributed by atoms with Gasteiger partial charge in [-0.3, -0.25) is 14.4 Å². The minimum atomic E-state index is -0.196. The van der Waals surface area contributed by atoms with Gasteiger partial charge in [-0.1, -0.05) is 0 Å². The van der Waals surface area contributed by atoms with Crippen molar-refractivity contribution in [2.24, 2.45) is 11.8 Å². The summed E-state index contributed by atoms with van der Waals surface area (Å²) in [5, 5.41) is 0. The molecule has 0 amide bonds. The average Bonchev–Trinajstić information content (AvgIpc) is 2.97. The monoisotopic (exact) mass is 298 g/mol. The molecule has 2 fully saturated rings. The van der Waals surface area contributed by atoms with Gasteiger partial charge in [0.15, 0.2) is 0 Å². The minimum absolute atomic E-state index is 0.0913. The third kappa shape index (κ3) is 5.55. The smallest absolute Gasteiger partial charge is 0.312 e. The van der Waals surface area contributed by atoms with Gasteiger partial charge in [0.2, 0.25) is 0 Å². The zero-order valence-corrected chi connectivity index (χ0v) is 12.2. The molecule has 118 valence electrons. The van der Waals surface area contributed by atoms with Gasteiger partial charge in [0, 0.05) is 31.6 Å². The van der Waals surface area contributed by atoms with Crippen LogP contribution in [0.1, 0.15) is 44.9 Å². The molecular weight excluding hydrogens is 276 g/mol. The Morgan fingerprint density at radius 2 is 1.52 bits per heavy atom. The van der Waals surface area contributed by atoms with E-state index < -0.39 is 0 Å². The van der Waals surface area contributed by atoms with Crippen LogP contribution in [0.15, 0.2) is 0 Å². The largest absolute Gasteiger partial charge is 0.464 e. The van der Waals surface area contributed by atoms with Gasteiger partial charge in [0.1, 0.15) is 18.2 Å². The molecular formula is C15H22O6. The average molecular weight is 298 g/mol. The zero-order valence-electron chi connectivity index (χ0n) is 12.2. The van der Waals surface area contributed by atoms with Crippen LogP contribution in [0.4, 0.5) is 0 Å². The van der Waals surface area contributed by atoms with Gasteiger partial charge in [0.25, 0.3) is 0 Å². The first kappa shape index (κ1) is 16.1. The van der Waals surface area contributed by atoms with E-state index in [2.05, 4.69) is 4.74 Å². The van der Waals surface area contributed by atoms with Gasteiger partial charge < -0.3 is 4.74 Å². The van der Waals surface area contributed by atoms with Crippen molar-refractivity contribution in [3.63, 3.8) is 0 Å². The second-order valence-electron chi connectivity index (χ2n) is 5.77. The topological polar surface area (TPSA) is 78.9 Å². The van der Waals surface area contributed by atoms with Crippen LogP contribution in [-0.2, 0) is 28.9 Å². The Hall–Kier alpha value is -1.27. The van der Waals surface area contributed by atoms with Crippen LogP contribution in [0, 0.1) is 11.8 Å². The second kappa shape index (κ2) is 8.24. The number of esters is 1. The van der Waals surface area contributed by atoms with E-state index in [1.165, 1.54) is 0 Å². The Bertz CT molecular complexity index is 386. The first-order valence-electron chi connectivity index (χ1n) is 7.59. The van der Waals surface area contributed by atoms with Crippen molar-refractivity contribution in [1.82, 2.24) is 0 Å². The molecule has 0 radical (unpaired) electrons. The SMILES string of the molecule is O=C(CCCC(=O)CCC1COC1=O)CCC1COOC1. The highest BCUT2D eigenvalue weighted by molar-refractivity contribution is 5.82. The molecule has 21 heavy (non-hydrogen) atoms. The summed E-state index contributed by atoms with van der Waals surface area (Å²) in [4.78, 5) is 43.8. The highest BCUT2D eigenvalue weighted by Gasteiger charge is 2.30. The third-order valence-electron chi connectivity index (χ3n) is 3.97. The van der Waals surface area contributed by atoms with Crippen molar-refractivity contribution in [3.05, 3.63) is 0 Å². The van der Waals surface area contributed by atoms with Crippen LogP contribution in [0.3, 0.4) is 0 Å². The number of cyclic esters (lactones) is 1. The van der Waals surface area contributed by atoms with Gasteiger partial charge in [-0.15, -0.1) is 0 Å². The van der Waals surface area contributed by atoms with Crippen molar-refractivity contribution in [2.45, 2.75) is 44.9 Å². The molecule has 6 heteroatoms. The van der Waals surface area contributed by atoms with E-state index in [1.807, 2.05) is 0 Å². The molecule has 0 spiro atoms. The van der Waals surface area contributed by atoms with Crippen LogP contribution in [0.2, 0.25) is 0 Å². The normalized spacial score (nSPS) is 21.9. The van der Waals surface area contributed by atoms with Crippen molar-refractivity contribution >= 4 is 17.5 Å². The number of ketones is 2. The van der Waals surface area contributed by atoms with E-state index in [4.69, 9.17) is 9.78 Å². The van der Waals surface area contributed by atoms with Crippen LogP contribution in [-0.4, -0.2) is 37.4 Å². The number of ether oxygens (including phenoxy) is 1. The van der Waals surface area contributed by atoms with Gasteiger partial charge in [-0.2, -0.15) is 0 Å². The molecule has 0 bridgehead atoms. The molecule has 2 heterocycles. The third-order valence-corrected chi connectivity index (χ3v) is 3.97. The fourth-order valence-electron chi connectivity index (χ4n) is 2.41. The Morgan fingerprint density at radius 3 is 2.05 bits per heavy atom. The highest BCUT2D eigenvalue weighted by Crippen LogP contribution is 2.19. The first-order valence-corrected chi connectivity index (χ1v) is 7.59. The number of carbonyl (C=O) groups is 3. The summed E-state index contributed by atoms with van der Waals surface area (Å²) in [6.45, 7) is 1.57. The summed E-state index contributed by atoms with van der Waals surface area (Å²) < 4.78 is 4.64. The maximum atomic E-state index is 11.7. The summed E-state index contributed by atoms with van der Waals surface area (Å²) in [5.74, 6) is 0.347. The Labute approximate surface area is 124 Å². The van der Waals surface area contributed by atoms with E-state index in [0.717, 1.165) is 6.42 Å². The van der Waals surface area contributed by atoms with Gasteiger partial charge in [0.05, 0.1) is 19.1 Å². The lowest BCUT2D eigenvalue weighted by atomic mass is 9.96. The van der Waals surface area contributed by atoms with Crippen LogP contribution >= 0.6 is 0 Å². The van der Waals surface area contributed by atoms with E-state index in [1.54, 1.807) is 0 Å². The molecule has 2 rings (SSSR count). The second-order valence-corrected chi connectivity index (χ2v) is 5.77. The molecule has 0 aliphatic carbocycles. The molecule has 0 aromatic rings. The molecule has 6 nitrogen and oxygen atoms in total. The number of Topliss-reactive ketones (excluding diaryl/α,β-unsaturated/α-hetero) is 2. The first-order chi connectivity index (χ1) is 10.1. The summed E-state index contributed by atoms with van der Waals surface area (Å²) >= 11 is 0. The standard InChI is InChI=1S/C15H22O6/c16-13(6-4-11-8-20-21-9-11)2-1-3-14(17)7-5-12-10-19-15(12)18/h11-12H,1-10H2. The van der Waals surface area contributed by atoms with E-state index in [-0.39, 0.29) is 23.5 Å². The Balaban J connectivity index is 1.46. The summed E-state index contributed by atoms with van der Waals surface area (Å²) in [6, 6.07) is 0. The van der Waals surface area contributed by atoms with E-state index in [9.17, 15) is 14.4 Å². The zero-order chi connectivity index (χ0) is 15.1. The predicted molar refractivity (Wildman–Crippen MR) is 72.2 cm³/mol. The number of hydrogen-bond donors (Lipinski definition) is 0. The number of rotatable bonds is 10. The molecule has 0 saturated carbocycles. The summed E-state index contributed by atoms with van der Waals surface area (Å²) in [6.07, 6.45) is 3.77. The molecule has 2 saturated heterocycles. The summed E-state index contributed by atoms with van der Waals surface area (Å²) in [7, 11) is 0. The fourth-order valence-corrected chi connectivity index (χ4v) is 2.41. The van der Waals surface area contributed by atoms with E-state index in [0.29, 0.717) is 64.3 Å². The predicted octanol–water partition coefficient (Wildman–Crippen LogP) is 1.61. The number of carbonyl (C=O) groups excluding carboxylic acids is 3. The molecule has 0 aromatic heterocycles. The van der Waals surface area contributed by atoms with E-state index >= 15 is 0 Å². The van der Waals surface area contributed by atoms with Crippen molar-refractivity contribution < 1.29 is 28.9 Å². The molecule has 2 aliphatic rings. The van der Waals surface area contributed by atoms with Crippen LogP contribution < -0.4 is 0 Å². The molecule has 1 unspecified atom stereocenters. The molecule has 1 atom stereocenters. The highest BCUT2D eigenvalue weighted by atomic mass is 17.2. The lowest BCUT2D eigenvalue weighted by Gasteiger charge is -2.23. The van der Waals surface area contributed by atoms with Crippen molar-refractivity contribution in [3.8, 4) is 0 Å². The quantitative estimate of drug-likeness (QED) is 0.450. The maximum absolute atomic E-state index is 11.7. The van der Waals surface area contributed by atoms with Gasteiger partial charge in [-0.25, -0.2) is 9.78 Å². The molecule has 2 aliphatic heterocycles. The molecule has 0 N–H and O–H groups in total. The van der Waals surface area contributed by atoms with Crippen LogP contribution in [0.25, 0.3) is 0 Å². The van der Waals surface area contributed by atoms with Crippen molar-refractivity contribution in [1.29, 1.82) is 0 Å². The maximum Gasteiger partial charge on any atom is 0.312 e. The lowest BCUT2D eigenvalue weighted by molar-refractivity contribution is -0.248. The lowest BCUT2D eigenvalue weighted by Crippen LogP contribution is -2.34. The Kier molecular flexibility index (Phi) is 6.32. The summed E-state index contributed by atoms with van der Waals surface area (Å²) in [5.41, 5.74) is 0. The van der Waals surface area contributed by atoms with Crippen LogP contribution in [0.5, 0.6) is 0 Å². The van der Waals surface area contributed by atoms with Gasteiger partial charge in [-0.05, 0) is 19.3 Å². The Morgan fingerprint density at radius 1 is 0.905 bits per heavy atom. The minimum Gasteiger partial charge on any atom is -0.464 e.